The van der Waals surface area contributed by atoms with Gasteiger partial charge in [-0.2, -0.15) is 0 Å². The number of carbonyl (C=O) groups is 1. The third-order valence-electron chi connectivity index (χ3n) is 2.10. The zero-order valence-electron chi connectivity index (χ0n) is 7.40. The summed E-state index contributed by atoms with van der Waals surface area (Å²) in [6.45, 7) is 0.398. The standard InChI is InChI=1S/C9H9N2O3/c10-11(13)6-1-2-9-7(5-6)8(12)3-4-14-9/h1-2,5H,3-4,10H2/q-1. The van der Waals surface area contributed by atoms with Crippen molar-refractivity contribution in [3.8, 4) is 5.75 Å². The molecule has 0 fully saturated rings. The minimum Gasteiger partial charge on any atom is -0.743 e. The molecule has 0 bridgehead atoms. The number of fused-ring (bicyclic) bond motifs is 1. The van der Waals surface area contributed by atoms with Crippen LogP contribution in [0.4, 0.5) is 5.69 Å². The summed E-state index contributed by atoms with van der Waals surface area (Å²) >= 11 is 0. The van der Waals surface area contributed by atoms with E-state index in [9.17, 15) is 10.0 Å². The van der Waals surface area contributed by atoms with Gasteiger partial charge in [-0.15, -0.1) is 0 Å². The number of hydrogen-bond donors (Lipinski definition) is 1. The van der Waals surface area contributed by atoms with E-state index in [0.717, 1.165) is 0 Å². The molecule has 0 saturated heterocycles. The van der Waals surface area contributed by atoms with Crippen LogP contribution in [-0.2, 0) is 0 Å². The van der Waals surface area contributed by atoms with Crippen molar-refractivity contribution in [2.45, 2.75) is 6.42 Å². The first-order valence-corrected chi connectivity index (χ1v) is 4.20. The zero-order valence-corrected chi connectivity index (χ0v) is 7.40. The Bertz CT molecular complexity index is 376. The molecule has 1 heterocycles. The molecule has 0 saturated carbocycles. The Balaban J connectivity index is 2.46. The van der Waals surface area contributed by atoms with Crippen LogP contribution in [0.25, 0.3) is 0 Å². The molecule has 74 valence electrons. The van der Waals surface area contributed by atoms with Crippen molar-refractivity contribution in [2.75, 3.05) is 11.8 Å². The van der Waals surface area contributed by atoms with Gasteiger partial charge in [0.05, 0.1) is 12.2 Å². The maximum atomic E-state index is 11.4. The minimum atomic E-state index is -0.0186. The Morgan fingerprint density at radius 2 is 2.29 bits per heavy atom. The quantitative estimate of drug-likeness (QED) is 0.528. The van der Waals surface area contributed by atoms with Crippen molar-refractivity contribution < 1.29 is 9.53 Å². The fourth-order valence-corrected chi connectivity index (χ4v) is 1.39. The maximum absolute atomic E-state index is 11.4. The van der Waals surface area contributed by atoms with Gasteiger partial charge in [-0.25, -0.2) is 0 Å². The number of nitrogens with zero attached hydrogens (tertiary/aromatic N) is 1. The first-order valence-electron chi connectivity index (χ1n) is 4.20. The lowest BCUT2D eigenvalue weighted by atomic mass is 10.0. The Labute approximate surface area is 80.6 Å². The van der Waals surface area contributed by atoms with Crippen LogP contribution in [0, 0.1) is 5.21 Å². The van der Waals surface area contributed by atoms with E-state index in [-0.39, 0.29) is 16.6 Å². The smallest absolute Gasteiger partial charge is 0.170 e. The van der Waals surface area contributed by atoms with E-state index in [1.54, 1.807) is 6.07 Å². The predicted molar refractivity (Wildman–Crippen MR) is 50.9 cm³/mol. The summed E-state index contributed by atoms with van der Waals surface area (Å²) in [5, 5.41) is 11.0. The molecule has 0 spiro atoms. The molecule has 2 N–H and O–H groups in total. The minimum absolute atomic E-state index is 0.0186. The lowest BCUT2D eigenvalue weighted by Crippen LogP contribution is -2.23. The molecule has 1 aromatic rings. The Hall–Kier alpha value is -1.59. The molecule has 1 aromatic carbocycles. The molecule has 1 aliphatic heterocycles. The van der Waals surface area contributed by atoms with Crippen molar-refractivity contribution in [3.63, 3.8) is 0 Å². The molecule has 0 atom stereocenters. The van der Waals surface area contributed by atoms with Crippen molar-refractivity contribution in [3.05, 3.63) is 29.0 Å². The molecule has 14 heavy (non-hydrogen) atoms. The van der Waals surface area contributed by atoms with Crippen LogP contribution in [-0.4, -0.2) is 12.4 Å². The van der Waals surface area contributed by atoms with Gasteiger partial charge >= 0.3 is 0 Å². The van der Waals surface area contributed by atoms with Crippen molar-refractivity contribution in [2.24, 2.45) is 5.84 Å². The first kappa shape index (κ1) is 8.98. The average Bonchev–Trinajstić information content (AvgIpc) is 2.18. The Kier molecular flexibility index (Phi) is 2.11. The van der Waals surface area contributed by atoms with E-state index < -0.39 is 0 Å². The van der Waals surface area contributed by atoms with E-state index in [2.05, 4.69) is 0 Å². The largest absolute Gasteiger partial charge is 0.743 e. The normalized spacial score (nSPS) is 14.6. The summed E-state index contributed by atoms with van der Waals surface area (Å²) in [6.07, 6.45) is 0.347. The molecule has 0 amide bonds. The number of hydrogen-bond acceptors (Lipinski definition) is 5. The van der Waals surface area contributed by atoms with Crippen LogP contribution < -0.4 is 15.8 Å². The van der Waals surface area contributed by atoms with Gasteiger partial charge in [0, 0.05) is 12.1 Å². The van der Waals surface area contributed by atoms with E-state index in [1.165, 1.54) is 12.1 Å². The van der Waals surface area contributed by atoms with Crippen LogP contribution >= 0.6 is 0 Å². The van der Waals surface area contributed by atoms with Crippen LogP contribution in [0.5, 0.6) is 5.75 Å². The maximum Gasteiger partial charge on any atom is 0.170 e. The highest BCUT2D eigenvalue weighted by Crippen LogP contribution is 2.28. The Morgan fingerprint density at radius 1 is 1.50 bits per heavy atom. The second kappa shape index (κ2) is 3.28. The molecule has 5 nitrogen and oxygen atoms in total. The van der Waals surface area contributed by atoms with E-state index in [0.29, 0.717) is 24.3 Å². The van der Waals surface area contributed by atoms with E-state index >= 15 is 0 Å². The van der Waals surface area contributed by atoms with E-state index in [1.807, 2.05) is 0 Å². The van der Waals surface area contributed by atoms with Gasteiger partial charge in [0.25, 0.3) is 0 Å². The predicted octanol–water partition coefficient (Wildman–Crippen LogP) is 0.830. The molecular formula is C9H9N2O3-. The molecule has 1 aliphatic rings. The topological polar surface area (TPSA) is 78.6 Å². The molecule has 0 aromatic heterocycles. The number of rotatable bonds is 1. The van der Waals surface area contributed by atoms with Crippen molar-refractivity contribution in [1.29, 1.82) is 0 Å². The summed E-state index contributed by atoms with van der Waals surface area (Å²) in [5.74, 6) is 5.52. The highest BCUT2D eigenvalue weighted by atomic mass is 16.5. The molecule has 2 rings (SSSR count). The van der Waals surface area contributed by atoms with Crippen molar-refractivity contribution in [1.82, 2.24) is 0 Å². The summed E-state index contributed by atoms with van der Waals surface area (Å²) < 4.78 is 5.25. The molecule has 0 radical (unpaired) electrons. The number of benzene rings is 1. The lowest BCUT2D eigenvalue weighted by molar-refractivity contribution is 0.0933. The van der Waals surface area contributed by atoms with Crippen LogP contribution in [0.2, 0.25) is 0 Å². The number of carbonyl (C=O) groups excluding carboxylic acids is 1. The first-order chi connectivity index (χ1) is 6.68. The van der Waals surface area contributed by atoms with Crippen LogP contribution in [0.1, 0.15) is 16.8 Å². The van der Waals surface area contributed by atoms with Gasteiger partial charge in [-0.1, -0.05) is 0 Å². The fraction of sp³-hybridized carbons (Fsp3) is 0.222. The number of Topliss-reactive ketones (excluding diaryl/α,β-unsaturated/α-hetero) is 1. The summed E-state index contributed by atoms with van der Waals surface area (Å²) in [6, 6.07) is 4.55. The fourth-order valence-electron chi connectivity index (χ4n) is 1.39. The lowest BCUT2D eigenvalue weighted by Gasteiger charge is -2.25. The number of hydrazine groups is 1. The number of nitrogens with two attached hydrogens (primary N) is 1. The van der Waals surface area contributed by atoms with Gasteiger partial charge in [-0.05, 0) is 18.2 Å². The van der Waals surface area contributed by atoms with Gasteiger partial charge in [0.15, 0.2) is 5.78 Å². The van der Waals surface area contributed by atoms with Gasteiger partial charge < -0.3 is 15.1 Å². The van der Waals surface area contributed by atoms with Gasteiger partial charge in [-0.3, -0.25) is 10.6 Å². The monoisotopic (exact) mass is 193 g/mol. The molecule has 5 heteroatoms. The number of ether oxygens (including phenoxy) is 1. The number of ketones is 1. The zero-order chi connectivity index (χ0) is 10.1. The molecule has 0 aliphatic carbocycles. The molecule has 0 unspecified atom stereocenters. The second-order valence-electron chi connectivity index (χ2n) is 3.03. The van der Waals surface area contributed by atoms with E-state index in [4.69, 9.17) is 10.6 Å². The highest BCUT2D eigenvalue weighted by molar-refractivity contribution is 6.00. The summed E-state index contributed by atoms with van der Waals surface area (Å²) in [4.78, 5) is 11.4. The summed E-state index contributed by atoms with van der Waals surface area (Å²) in [5.41, 5.74) is 0.683. The summed E-state index contributed by atoms with van der Waals surface area (Å²) in [7, 11) is 0. The SMILES string of the molecule is NN([O-])c1ccc2c(c1)C(=O)CCO2. The van der Waals surface area contributed by atoms with Crippen LogP contribution in [0.15, 0.2) is 18.2 Å². The second-order valence-corrected chi connectivity index (χ2v) is 3.03. The van der Waals surface area contributed by atoms with Crippen molar-refractivity contribution >= 4 is 11.5 Å². The number of anilines is 1. The van der Waals surface area contributed by atoms with Gasteiger partial charge in [0.1, 0.15) is 5.75 Å². The highest BCUT2D eigenvalue weighted by Gasteiger charge is 2.18. The third kappa shape index (κ3) is 1.43. The molecular weight excluding hydrogens is 184 g/mol. The van der Waals surface area contributed by atoms with Gasteiger partial charge in [0.2, 0.25) is 0 Å². The van der Waals surface area contributed by atoms with Crippen LogP contribution in [0.3, 0.4) is 0 Å². The third-order valence-corrected chi connectivity index (χ3v) is 2.10. The average molecular weight is 193 g/mol. The Morgan fingerprint density at radius 3 is 3.00 bits per heavy atom.